The number of halogens is 2. The van der Waals surface area contributed by atoms with E-state index in [0.29, 0.717) is 48.5 Å². The fourth-order valence-corrected chi connectivity index (χ4v) is 4.20. The van der Waals surface area contributed by atoms with E-state index in [1.165, 1.54) is 12.1 Å². The molecule has 10 heteroatoms. The minimum atomic E-state index is -0.710. The van der Waals surface area contributed by atoms with Crippen molar-refractivity contribution >= 4 is 17.1 Å². The highest BCUT2D eigenvalue weighted by Crippen LogP contribution is 2.36. The lowest BCUT2D eigenvalue weighted by Gasteiger charge is -2.32. The Labute approximate surface area is 194 Å². The van der Waals surface area contributed by atoms with E-state index in [4.69, 9.17) is 9.72 Å². The zero-order valence-electron chi connectivity index (χ0n) is 18.9. The zero-order chi connectivity index (χ0) is 23.4. The highest BCUT2D eigenvalue weighted by molar-refractivity contribution is 5.88. The van der Waals surface area contributed by atoms with Crippen molar-refractivity contribution in [3.05, 3.63) is 59.2 Å². The topological polar surface area (TPSA) is 81.9 Å². The van der Waals surface area contributed by atoms with Crippen molar-refractivity contribution < 1.29 is 13.5 Å². The molecule has 0 radical (unpaired) electrons. The van der Waals surface area contributed by atoms with Crippen molar-refractivity contribution in [2.24, 2.45) is 0 Å². The molecule has 0 N–H and O–H groups in total. The number of nitrogens with zero attached hydrogens (tertiary/aromatic N) is 7. The van der Waals surface area contributed by atoms with Crippen molar-refractivity contribution in [2.75, 3.05) is 24.6 Å². The van der Waals surface area contributed by atoms with Crippen molar-refractivity contribution in [3.8, 4) is 11.3 Å². The Balaban J connectivity index is 1.41. The van der Waals surface area contributed by atoms with Gasteiger partial charge in [0.2, 0.25) is 5.95 Å². The maximum absolute atomic E-state index is 14.8. The second kappa shape index (κ2) is 8.05. The van der Waals surface area contributed by atoms with E-state index < -0.39 is 11.6 Å². The molecule has 8 nitrogen and oxygen atoms in total. The number of fused-ring (bicyclic) bond motifs is 1. The largest absolute Gasteiger partial charge is 0.370 e. The molecule has 1 aromatic carbocycles. The Kier molecular flexibility index (Phi) is 4.98. The van der Waals surface area contributed by atoms with Gasteiger partial charge < -0.3 is 9.64 Å². The van der Waals surface area contributed by atoms with Crippen LogP contribution < -0.4 is 4.90 Å². The summed E-state index contributed by atoms with van der Waals surface area (Å²) in [6.45, 7) is 5.26. The number of rotatable bonds is 4. The Hall–Kier alpha value is -3.53. The molecule has 1 saturated heterocycles. The number of aryl methyl sites for hydroxylation is 2. The molecule has 0 unspecified atom stereocenters. The summed E-state index contributed by atoms with van der Waals surface area (Å²) in [5.41, 5.74) is 3.64. The van der Waals surface area contributed by atoms with E-state index in [1.807, 2.05) is 35.8 Å². The Morgan fingerprint density at radius 1 is 1.03 bits per heavy atom. The van der Waals surface area contributed by atoms with E-state index in [-0.39, 0.29) is 17.4 Å². The van der Waals surface area contributed by atoms with Crippen LogP contribution in [0.2, 0.25) is 0 Å². The maximum Gasteiger partial charge on any atom is 0.228 e. The van der Waals surface area contributed by atoms with Gasteiger partial charge in [-0.3, -0.25) is 4.68 Å². The van der Waals surface area contributed by atoms with Gasteiger partial charge in [0, 0.05) is 29.9 Å². The first-order chi connectivity index (χ1) is 16.5. The van der Waals surface area contributed by atoms with Gasteiger partial charge in [-0.15, -0.1) is 0 Å². The third-order valence-electron chi connectivity index (χ3n) is 6.38. The predicted molar refractivity (Wildman–Crippen MR) is 121 cm³/mol. The van der Waals surface area contributed by atoms with Gasteiger partial charge in [-0.2, -0.15) is 10.1 Å². The molecule has 1 aliphatic heterocycles. The monoisotopic (exact) mass is 463 g/mol. The quantitative estimate of drug-likeness (QED) is 0.451. The van der Waals surface area contributed by atoms with Crippen LogP contribution in [-0.4, -0.2) is 49.4 Å². The third-order valence-corrected chi connectivity index (χ3v) is 6.38. The summed E-state index contributed by atoms with van der Waals surface area (Å²) in [5.74, 6) is -0.953. The van der Waals surface area contributed by atoms with Crippen LogP contribution in [0.15, 0.2) is 30.6 Å². The molecule has 34 heavy (non-hydrogen) atoms. The first-order valence-corrected chi connectivity index (χ1v) is 11.4. The first-order valence-electron chi connectivity index (χ1n) is 11.4. The summed E-state index contributed by atoms with van der Waals surface area (Å²) in [6, 6.07) is 3.93. The van der Waals surface area contributed by atoms with Gasteiger partial charge in [-0.25, -0.2) is 23.7 Å². The van der Waals surface area contributed by atoms with Crippen LogP contribution in [0.1, 0.15) is 41.9 Å². The average molecular weight is 463 g/mol. The smallest absolute Gasteiger partial charge is 0.228 e. The summed E-state index contributed by atoms with van der Waals surface area (Å²) in [5, 5.41) is 4.48. The summed E-state index contributed by atoms with van der Waals surface area (Å²) >= 11 is 0. The molecule has 2 aliphatic rings. The Morgan fingerprint density at radius 2 is 1.85 bits per heavy atom. The first kappa shape index (κ1) is 21.0. The molecule has 1 aliphatic carbocycles. The van der Waals surface area contributed by atoms with E-state index >= 15 is 0 Å². The minimum absolute atomic E-state index is 0.156. The number of hydrogen-bond donors (Lipinski definition) is 0. The van der Waals surface area contributed by atoms with Crippen LogP contribution in [0.25, 0.3) is 22.4 Å². The molecule has 4 heterocycles. The number of aromatic nitrogens is 6. The van der Waals surface area contributed by atoms with Crippen molar-refractivity contribution in [1.82, 2.24) is 29.7 Å². The van der Waals surface area contributed by atoms with Gasteiger partial charge in [-0.1, -0.05) is 0 Å². The minimum Gasteiger partial charge on any atom is -0.370 e. The molecule has 0 bridgehead atoms. The molecule has 1 saturated carbocycles. The Morgan fingerprint density at radius 3 is 2.65 bits per heavy atom. The summed E-state index contributed by atoms with van der Waals surface area (Å²) in [6.07, 6.45) is 6.03. The fourth-order valence-electron chi connectivity index (χ4n) is 4.20. The Bertz CT molecular complexity index is 1400. The van der Waals surface area contributed by atoms with E-state index in [2.05, 4.69) is 20.1 Å². The molecule has 3 aromatic heterocycles. The molecule has 4 aromatic rings. The molecular formula is C24H23F2N7O. The second-order valence-electron chi connectivity index (χ2n) is 8.85. The van der Waals surface area contributed by atoms with Gasteiger partial charge in [0.15, 0.2) is 5.65 Å². The van der Waals surface area contributed by atoms with E-state index in [9.17, 15) is 8.78 Å². The fraction of sp³-hybridized carbons (Fsp3) is 0.375. The van der Waals surface area contributed by atoms with Crippen LogP contribution in [0.4, 0.5) is 14.7 Å². The number of ether oxygens (including phenoxy) is 1. The highest BCUT2D eigenvalue weighted by Gasteiger charge is 2.29. The third kappa shape index (κ3) is 3.77. The molecule has 174 valence electrons. The van der Waals surface area contributed by atoms with Gasteiger partial charge in [-0.05, 0) is 38.8 Å². The van der Waals surface area contributed by atoms with Crippen LogP contribution in [0.5, 0.6) is 0 Å². The molecule has 0 amide bonds. The van der Waals surface area contributed by atoms with Crippen LogP contribution >= 0.6 is 0 Å². The summed E-state index contributed by atoms with van der Waals surface area (Å²) in [4.78, 5) is 20.6. The lowest BCUT2D eigenvalue weighted by Crippen LogP contribution is -2.39. The maximum atomic E-state index is 14.8. The summed E-state index contributed by atoms with van der Waals surface area (Å²) in [7, 11) is 0. The molecular weight excluding hydrogens is 440 g/mol. The number of morpholine rings is 1. The van der Waals surface area contributed by atoms with Gasteiger partial charge >= 0.3 is 0 Å². The summed E-state index contributed by atoms with van der Waals surface area (Å²) < 4.78 is 36.4. The van der Waals surface area contributed by atoms with Crippen LogP contribution in [0.3, 0.4) is 0 Å². The van der Waals surface area contributed by atoms with Crippen molar-refractivity contribution in [1.29, 1.82) is 0 Å². The van der Waals surface area contributed by atoms with Gasteiger partial charge in [0.1, 0.15) is 28.9 Å². The molecule has 6 rings (SSSR count). The standard InChI is InChI=1S/C24H23F2N7O/c1-13-14(2)29-23-22(28-13)21(18-6-3-16(25)9-19(18)26)30-24(31-23)32-7-8-34-20(12-32)15-10-27-33(11-15)17-4-5-17/h3,6,9-11,17,20H,4-5,7-8,12H2,1-2H3/t20-/m1/s1. The molecule has 2 fully saturated rings. The van der Waals surface area contributed by atoms with Crippen LogP contribution in [0, 0.1) is 25.5 Å². The average Bonchev–Trinajstić information content (AvgIpc) is 3.56. The van der Waals surface area contributed by atoms with E-state index in [1.54, 1.807) is 0 Å². The van der Waals surface area contributed by atoms with Gasteiger partial charge in [0.25, 0.3) is 0 Å². The lowest BCUT2D eigenvalue weighted by atomic mass is 10.1. The van der Waals surface area contributed by atoms with Crippen LogP contribution in [-0.2, 0) is 4.74 Å². The number of hydrogen-bond acceptors (Lipinski definition) is 7. The number of benzene rings is 1. The second-order valence-corrected chi connectivity index (χ2v) is 8.85. The lowest BCUT2D eigenvalue weighted by molar-refractivity contribution is 0.0392. The van der Waals surface area contributed by atoms with Crippen molar-refractivity contribution in [3.63, 3.8) is 0 Å². The van der Waals surface area contributed by atoms with E-state index in [0.717, 1.165) is 30.2 Å². The molecule has 0 spiro atoms. The highest BCUT2D eigenvalue weighted by atomic mass is 19.1. The van der Waals surface area contributed by atoms with Crippen molar-refractivity contribution in [2.45, 2.75) is 38.8 Å². The molecule has 1 atom stereocenters. The zero-order valence-corrected chi connectivity index (χ0v) is 18.9. The SMILES string of the molecule is Cc1nc2nc(N3CCO[C@@H](c4cnn(C5CC5)c4)C3)nc(-c3ccc(F)cc3F)c2nc1C. The van der Waals surface area contributed by atoms with Gasteiger partial charge in [0.05, 0.1) is 36.8 Å². The predicted octanol–water partition coefficient (Wildman–Crippen LogP) is 4.09. The normalized spacial score (nSPS) is 18.6. The number of anilines is 1.